The lowest BCUT2D eigenvalue weighted by atomic mass is 10.1. The van der Waals surface area contributed by atoms with Crippen LogP contribution in [0.3, 0.4) is 0 Å². The van der Waals surface area contributed by atoms with E-state index in [9.17, 15) is 13.2 Å². The van der Waals surface area contributed by atoms with Crippen molar-refractivity contribution in [1.29, 1.82) is 0 Å². The van der Waals surface area contributed by atoms with E-state index in [0.29, 0.717) is 30.2 Å². The Bertz CT molecular complexity index is 1030. The Labute approximate surface area is 179 Å². The van der Waals surface area contributed by atoms with Gasteiger partial charge < -0.3 is 10.5 Å². The number of fused-ring (bicyclic) bond motifs is 1. The van der Waals surface area contributed by atoms with Crippen LogP contribution in [-0.4, -0.2) is 42.3 Å². The zero-order valence-electron chi connectivity index (χ0n) is 17.6. The van der Waals surface area contributed by atoms with Gasteiger partial charge >= 0.3 is 6.18 Å². The Morgan fingerprint density at radius 3 is 2.52 bits per heavy atom. The molecule has 0 amide bonds. The highest BCUT2D eigenvalue weighted by Gasteiger charge is 2.30. The monoisotopic (exact) mass is 431 g/mol. The van der Waals surface area contributed by atoms with E-state index in [1.807, 2.05) is 31.0 Å². The van der Waals surface area contributed by atoms with Crippen LogP contribution in [0.25, 0.3) is 5.70 Å². The van der Waals surface area contributed by atoms with Crippen molar-refractivity contribution in [2.75, 3.05) is 20.7 Å². The third kappa shape index (κ3) is 5.05. The fraction of sp³-hybridized carbons (Fsp3) is 0.273. The van der Waals surface area contributed by atoms with Gasteiger partial charge in [-0.05, 0) is 37.7 Å². The zero-order chi connectivity index (χ0) is 22.8. The summed E-state index contributed by atoms with van der Waals surface area (Å²) in [6.07, 6.45) is -4.34. The van der Waals surface area contributed by atoms with Gasteiger partial charge in [-0.3, -0.25) is 4.90 Å². The van der Waals surface area contributed by atoms with Crippen LogP contribution in [0.15, 0.2) is 59.1 Å². The highest BCUT2D eigenvalue weighted by Crippen LogP contribution is 2.39. The number of hydrogen-bond donors (Lipinski definition) is 1. The molecule has 0 unspecified atom stereocenters. The summed E-state index contributed by atoms with van der Waals surface area (Å²) in [5.41, 5.74) is 8.90. The molecule has 3 rings (SSSR count). The van der Waals surface area contributed by atoms with Crippen LogP contribution in [0, 0.1) is 0 Å². The van der Waals surface area contributed by atoms with E-state index in [1.165, 1.54) is 17.1 Å². The number of rotatable bonds is 6. The summed E-state index contributed by atoms with van der Waals surface area (Å²) in [5, 5.41) is 6.02. The van der Waals surface area contributed by atoms with Gasteiger partial charge in [-0.1, -0.05) is 30.8 Å². The molecule has 164 valence electrons. The standard InChI is InChI=1S/C22H24F3N5O/c1-14(12-29(3)13-16-8-10-17(11-9-16)22(23,24)25)28-30-15(2)18-6-5-7-19(31-4)20(18)27-21(30)26/h5-11H,2,12-13H2,1,3-4H3,(H2,26,27)/b28-14+. The van der Waals surface area contributed by atoms with Gasteiger partial charge in [0.15, 0.2) is 0 Å². The minimum Gasteiger partial charge on any atom is -0.494 e. The summed E-state index contributed by atoms with van der Waals surface area (Å²) < 4.78 is 43.5. The number of nitrogens with zero attached hydrogens (tertiary/aromatic N) is 4. The van der Waals surface area contributed by atoms with E-state index in [4.69, 9.17) is 10.5 Å². The number of hydrazone groups is 1. The first-order chi connectivity index (χ1) is 14.6. The minimum absolute atomic E-state index is 0.173. The molecule has 1 heterocycles. The van der Waals surface area contributed by atoms with Crippen molar-refractivity contribution in [3.05, 3.63) is 65.7 Å². The van der Waals surface area contributed by atoms with E-state index in [1.54, 1.807) is 13.2 Å². The number of guanidine groups is 1. The van der Waals surface area contributed by atoms with Crippen LogP contribution in [0.1, 0.15) is 23.6 Å². The third-order valence-electron chi connectivity index (χ3n) is 4.73. The SMILES string of the molecule is C=C1c2cccc(OC)c2N=C(N)N1/N=C(\C)CN(C)Cc1ccc(C(F)(F)F)cc1. The molecule has 0 spiro atoms. The summed E-state index contributed by atoms with van der Waals surface area (Å²) in [4.78, 5) is 6.34. The number of alkyl halides is 3. The molecule has 2 N–H and O–H groups in total. The van der Waals surface area contributed by atoms with Crippen LogP contribution < -0.4 is 10.5 Å². The summed E-state index contributed by atoms with van der Waals surface area (Å²) in [6.45, 7) is 6.87. The van der Waals surface area contributed by atoms with E-state index in [0.717, 1.165) is 29.0 Å². The largest absolute Gasteiger partial charge is 0.494 e. The minimum atomic E-state index is -4.34. The Kier molecular flexibility index (Phi) is 6.35. The van der Waals surface area contributed by atoms with Gasteiger partial charge in [-0.2, -0.15) is 18.3 Å². The zero-order valence-corrected chi connectivity index (χ0v) is 17.6. The molecule has 2 aromatic carbocycles. The highest BCUT2D eigenvalue weighted by atomic mass is 19.4. The smallest absolute Gasteiger partial charge is 0.416 e. The lowest BCUT2D eigenvalue weighted by Crippen LogP contribution is -2.35. The molecule has 2 aromatic rings. The molecule has 0 fully saturated rings. The number of aliphatic imine (C=N–C) groups is 1. The van der Waals surface area contributed by atoms with Crippen LogP contribution in [-0.2, 0) is 12.7 Å². The van der Waals surface area contributed by atoms with E-state index >= 15 is 0 Å². The normalized spacial score (nSPS) is 14.5. The second-order valence-corrected chi connectivity index (χ2v) is 7.29. The molecule has 0 saturated carbocycles. The molecule has 0 bridgehead atoms. The first kappa shape index (κ1) is 22.4. The van der Waals surface area contributed by atoms with Crippen LogP contribution in [0.4, 0.5) is 18.9 Å². The van der Waals surface area contributed by atoms with E-state index in [-0.39, 0.29) is 5.96 Å². The molecular formula is C22H24F3N5O. The molecule has 31 heavy (non-hydrogen) atoms. The lowest BCUT2D eigenvalue weighted by Gasteiger charge is -2.27. The first-order valence-electron chi connectivity index (χ1n) is 9.49. The number of hydrogen-bond acceptors (Lipinski definition) is 6. The summed E-state index contributed by atoms with van der Waals surface area (Å²) >= 11 is 0. The van der Waals surface area contributed by atoms with Gasteiger partial charge in [0.2, 0.25) is 5.96 Å². The second kappa shape index (κ2) is 8.81. The van der Waals surface area contributed by atoms with Crippen molar-refractivity contribution < 1.29 is 17.9 Å². The van der Waals surface area contributed by atoms with Crippen molar-refractivity contribution >= 4 is 23.1 Å². The van der Waals surface area contributed by atoms with Gasteiger partial charge in [0.25, 0.3) is 0 Å². The van der Waals surface area contributed by atoms with Crippen molar-refractivity contribution in [3.63, 3.8) is 0 Å². The topological polar surface area (TPSA) is 66.5 Å². The first-order valence-corrected chi connectivity index (χ1v) is 9.49. The van der Waals surface area contributed by atoms with Crippen molar-refractivity contribution in [1.82, 2.24) is 9.91 Å². The summed E-state index contributed by atoms with van der Waals surface area (Å²) in [6, 6.07) is 10.6. The molecule has 0 aromatic heterocycles. The molecule has 1 aliphatic rings. The summed E-state index contributed by atoms with van der Waals surface area (Å²) in [5.74, 6) is 0.768. The number of para-hydroxylation sites is 1. The molecule has 1 aliphatic heterocycles. The molecule has 0 radical (unpaired) electrons. The number of benzene rings is 2. The molecular weight excluding hydrogens is 407 g/mol. The quantitative estimate of drug-likeness (QED) is 0.686. The number of methoxy groups -OCH3 is 1. The predicted octanol–water partition coefficient (Wildman–Crippen LogP) is 4.45. The molecule has 9 heteroatoms. The second-order valence-electron chi connectivity index (χ2n) is 7.29. The maximum absolute atomic E-state index is 12.7. The number of nitrogens with two attached hydrogens (primary N) is 1. The van der Waals surface area contributed by atoms with E-state index in [2.05, 4.69) is 16.7 Å². The van der Waals surface area contributed by atoms with Gasteiger partial charge in [0, 0.05) is 24.4 Å². The molecule has 6 nitrogen and oxygen atoms in total. The van der Waals surface area contributed by atoms with Crippen molar-refractivity contribution in [2.24, 2.45) is 15.8 Å². The van der Waals surface area contributed by atoms with Crippen LogP contribution >= 0.6 is 0 Å². The predicted molar refractivity (Wildman–Crippen MR) is 116 cm³/mol. The average molecular weight is 431 g/mol. The fourth-order valence-electron chi connectivity index (χ4n) is 3.32. The van der Waals surface area contributed by atoms with Crippen LogP contribution in [0.2, 0.25) is 0 Å². The Morgan fingerprint density at radius 2 is 1.90 bits per heavy atom. The molecule has 0 aliphatic carbocycles. The fourth-order valence-corrected chi connectivity index (χ4v) is 3.32. The van der Waals surface area contributed by atoms with Gasteiger partial charge in [0.1, 0.15) is 11.4 Å². The summed E-state index contributed by atoms with van der Waals surface area (Å²) in [7, 11) is 3.42. The van der Waals surface area contributed by atoms with Gasteiger partial charge in [0.05, 0.1) is 18.4 Å². The van der Waals surface area contributed by atoms with E-state index < -0.39 is 11.7 Å². The van der Waals surface area contributed by atoms with Crippen molar-refractivity contribution in [3.8, 4) is 5.75 Å². The number of halogens is 3. The molecule has 0 atom stereocenters. The maximum atomic E-state index is 12.7. The molecule has 0 saturated heterocycles. The average Bonchev–Trinajstić information content (AvgIpc) is 2.70. The Hall–Kier alpha value is -3.33. The lowest BCUT2D eigenvalue weighted by molar-refractivity contribution is -0.137. The number of ether oxygens (including phenoxy) is 1. The van der Waals surface area contributed by atoms with Crippen molar-refractivity contribution in [2.45, 2.75) is 19.6 Å². The van der Waals surface area contributed by atoms with Gasteiger partial charge in [-0.25, -0.2) is 10.0 Å². The van der Waals surface area contributed by atoms with Gasteiger partial charge in [-0.15, -0.1) is 0 Å². The Balaban J connectivity index is 1.69. The Morgan fingerprint density at radius 1 is 1.23 bits per heavy atom. The maximum Gasteiger partial charge on any atom is 0.416 e. The third-order valence-corrected chi connectivity index (χ3v) is 4.73. The highest BCUT2D eigenvalue weighted by molar-refractivity contribution is 5.98. The van der Waals surface area contributed by atoms with Crippen LogP contribution in [0.5, 0.6) is 5.75 Å².